The van der Waals surface area contributed by atoms with Crippen LogP contribution in [-0.2, 0) is 0 Å². The maximum Gasteiger partial charge on any atom is 0.0433 e. The molecule has 0 aromatic rings. The molecule has 1 radical (unpaired) electrons. The normalized spacial score (nSPS) is 8.71. The van der Waals surface area contributed by atoms with Gasteiger partial charge in [-0.25, -0.2) is 0 Å². The molecular weight excluding hydrogens is 108 g/mol. The lowest BCUT2D eigenvalue weighted by Gasteiger charge is -1.86. The van der Waals surface area contributed by atoms with E-state index >= 15 is 0 Å². The van der Waals surface area contributed by atoms with Crippen molar-refractivity contribution in [2.45, 2.75) is 12.8 Å². The van der Waals surface area contributed by atoms with Crippen molar-refractivity contribution in [2.75, 3.05) is 6.61 Å². The van der Waals surface area contributed by atoms with Gasteiger partial charge in [-0.1, -0.05) is 12.2 Å². The topological polar surface area (TPSA) is 20.2 Å². The Bertz CT molecular complexity index is 45.3. The van der Waals surface area contributed by atoms with Crippen molar-refractivity contribution in [1.29, 1.82) is 0 Å². The Labute approximate surface area is 49.4 Å². The molecule has 0 aromatic carbocycles. The van der Waals surface area contributed by atoms with Crippen LogP contribution >= 0.6 is 12.2 Å². The fraction of sp³-hybridized carbons (Fsp3) is 0.600. The first-order valence-electron chi connectivity index (χ1n) is 2.28. The second-order valence-corrected chi connectivity index (χ2v) is 1.54. The van der Waals surface area contributed by atoms with Crippen molar-refractivity contribution >= 4 is 17.6 Å². The Kier molecular flexibility index (Phi) is 6.09. The van der Waals surface area contributed by atoms with Gasteiger partial charge < -0.3 is 5.11 Å². The molecular formula is C5H9OS. The van der Waals surface area contributed by atoms with Crippen LogP contribution in [-0.4, -0.2) is 17.1 Å². The van der Waals surface area contributed by atoms with Gasteiger partial charge >= 0.3 is 0 Å². The molecule has 0 aliphatic carbocycles. The second kappa shape index (κ2) is 6.05. The zero-order valence-electron chi connectivity index (χ0n) is 4.13. The van der Waals surface area contributed by atoms with Crippen LogP contribution in [0.5, 0.6) is 0 Å². The molecule has 0 saturated heterocycles. The van der Waals surface area contributed by atoms with Crippen LogP contribution in [0, 0.1) is 6.42 Å². The number of aliphatic hydroxyl groups is 1. The van der Waals surface area contributed by atoms with Crippen LogP contribution in [0.2, 0.25) is 0 Å². The first-order valence-corrected chi connectivity index (χ1v) is 2.75. The van der Waals surface area contributed by atoms with E-state index in [0.717, 1.165) is 12.8 Å². The lowest BCUT2D eigenvalue weighted by molar-refractivity contribution is 0.298. The first kappa shape index (κ1) is 7.05. The highest BCUT2D eigenvalue weighted by atomic mass is 32.1. The van der Waals surface area contributed by atoms with Gasteiger partial charge in [0.05, 0.1) is 0 Å². The highest BCUT2D eigenvalue weighted by molar-refractivity contribution is 7.78. The molecule has 0 unspecified atom stereocenters. The van der Waals surface area contributed by atoms with Crippen molar-refractivity contribution in [1.82, 2.24) is 0 Å². The van der Waals surface area contributed by atoms with Gasteiger partial charge in [0.2, 0.25) is 0 Å². The largest absolute Gasteiger partial charge is 0.396 e. The van der Waals surface area contributed by atoms with Crippen molar-refractivity contribution in [3.63, 3.8) is 0 Å². The van der Waals surface area contributed by atoms with Gasteiger partial charge in [-0.3, -0.25) is 0 Å². The first-order chi connectivity index (χ1) is 3.41. The van der Waals surface area contributed by atoms with Crippen LogP contribution in [0.1, 0.15) is 12.8 Å². The molecule has 0 heterocycles. The summed E-state index contributed by atoms with van der Waals surface area (Å²) in [5, 5.41) is 9.86. The van der Waals surface area contributed by atoms with Gasteiger partial charge in [0, 0.05) is 6.61 Å². The SMILES string of the molecule is OCC[CH]CC=S. The minimum atomic E-state index is 0.239. The molecule has 7 heavy (non-hydrogen) atoms. The molecule has 1 N–H and O–H groups in total. The number of unbranched alkanes of at least 4 members (excludes halogenated alkanes) is 2. The molecule has 0 atom stereocenters. The fourth-order valence-electron chi connectivity index (χ4n) is 0.277. The highest BCUT2D eigenvalue weighted by Crippen LogP contribution is 1.87. The average Bonchev–Trinajstić information content (AvgIpc) is 1.69. The molecule has 0 spiro atoms. The van der Waals surface area contributed by atoms with Crippen molar-refractivity contribution in [3.8, 4) is 0 Å². The molecule has 0 rings (SSSR count). The summed E-state index contributed by atoms with van der Waals surface area (Å²) in [6.45, 7) is 0.239. The van der Waals surface area contributed by atoms with Crippen LogP contribution < -0.4 is 0 Å². The number of aliphatic hydroxyl groups excluding tert-OH is 1. The Hall–Kier alpha value is 0.0500. The number of hydrogen-bond acceptors (Lipinski definition) is 2. The van der Waals surface area contributed by atoms with Crippen LogP contribution in [0.3, 0.4) is 0 Å². The van der Waals surface area contributed by atoms with Crippen LogP contribution in [0.15, 0.2) is 0 Å². The van der Waals surface area contributed by atoms with E-state index in [1.165, 1.54) is 0 Å². The molecule has 0 aliphatic rings. The van der Waals surface area contributed by atoms with Gasteiger partial charge in [0.1, 0.15) is 0 Å². The van der Waals surface area contributed by atoms with E-state index in [2.05, 4.69) is 12.2 Å². The quantitative estimate of drug-likeness (QED) is 0.437. The predicted molar refractivity (Wildman–Crippen MR) is 34.3 cm³/mol. The van der Waals surface area contributed by atoms with E-state index in [-0.39, 0.29) is 6.61 Å². The summed E-state index contributed by atoms with van der Waals surface area (Å²) < 4.78 is 0. The molecule has 0 bridgehead atoms. The summed E-state index contributed by atoms with van der Waals surface area (Å²) in [5.74, 6) is 0. The third kappa shape index (κ3) is 6.05. The smallest absolute Gasteiger partial charge is 0.0433 e. The van der Waals surface area contributed by atoms with Gasteiger partial charge in [0.25, 0.3) is 0 Å². The average molecular weight is 117 g/mol. The predicted octanol–water partition coefficient (Wildman–Crippen LogP) is 0.963. The van der Waals surface area contributed by atoms with E-state index in [9.17, 15) is 0 Å². The maximum atomic E-state index is 8.21. The minimum absolute atomic E-state index is 0.239. The molecule has 1 nitrogen and oxygen atoms in total. The fourth-order valence-corrected chi connectivity index (χ4v) is 0.413. The summed E-state index contributed by atoms with van der Waals surface area (Å²) >= 11 is 4.53. The number of hydrogen-bond donors (Lipinski definition) is 1. The Morgan fingerprint density at radius 3 is 2.71 bits per heavy atom. The zero-order chi connectivity index (χ0) is 5.54. The molecule has 0 aliphatic heterocycles. The minimum Gasteiger partial charge on any atom is -0.396 e. The summed E-state index contributed by atoms with van der Waals surface area (Å²) in [7, 11) is 0. The van der Waals surface area contributed by atoms with E-state index in [4.69, 9.17) is 5.11 Å². The maximum absolute atomic E-state index is 8.21. The third-order valence-corrected chi connectivity index (χ3v) is 0.789. The monoisotopic (exact) mass is 117 g/mol. The van der Waals surface area contributed by atoms with Gasteiger partial charge in [0.15, 0.2) is 0 Å². The van der Waals surface area contributed by atoms with E-state index in [1.54, 1.807) is 5.37 Å². The lowest BCUT2D eigenvalue weighted by atomic mass is 10.3. The summed E-state index contributed by atoms with van der Waals surface area (Å²) in [4.78, 5) is 0. The molecule has 0 fully saturated rings. The molecule has 0 saturated carbocycles. The lowest BCUT2D eigenvalue weighted by Crippen LogP contribution is -1.82. The summed E-state index contributed by atoms with van der Waals surface area (Å²) in [6.07, 6.45) is 3.54. The van der Waals surface area contributed by atoms with E-state index in [0.29, 0.717) is 0 Å². The van der Waals surface area contributed by atoms with E-state index in [1.807, 2.05) is 6.42 Å². The molecule has 0 amide bonds. The number of rotatable bonds is 4. The van der Waals surface area contributed by atoms with Crippen LogP contribution in [0.25, 0.3) is 0 Å². The van der Waals surface area contributed by atoms with Gasteiger partial charge in [-0.05, 0) is 24.6 Å². The Morgan fingerprint density at radius 2 is 2.29 bits per heavy atom. The Balaban J connectivity index is 2.56. The van der Waals surface area contributed by atoms with Crippen LogP contribution in [0.4, 0.5) is 0 Å². The van der Waals surface area contributed by atoms with Gasteiger partial charge in [-0.2, -0.15) is 0 Å². The number of thiocarbonyl (C=S) groups is 1. The van der Waals surface area contributed by atoms with Crippen molar-refractivity contribution in [3.05, 3.63) is 6.42 Å². The molecule has 0 aromatic heterocycles. The Morgan fingerprint density at radius 1 is 1.57 bits per heavy atom. The van der Waals surface area contributed by atoms with E-state index < -0.39 is 0 Å². The van der Waals surface area contributed by atoms with Crippen molar-refractivity contribution < 1.29 is 5.11 Å². The van der Waals surface area contributed by atoms with Gasteiger partial charge in [-0.15, -0.1) is 0 Å². The third-order valence-electron chi connectivity index (χ3n) is 0.596. The summed E-state index contributed by atoms with van der Waals surface area (Å²) in [6, 6.07) is 0. The highest BCUT2D eigenvalue weighted by Gasteiger charge is 1.79. The summed E-state index contributed by atoms with van der Waals surface area (Å²) in [5.41, 5.74) is 0. The molecule has 41 valence electrons. The standard InChI is InChI=1S/C5H9OS/c6-4-2-1-3-5-7/h1,5-6H,2-4H2. The molecule has 2 heteroatoms. The second-order valence-electron chi connectivity index (χ2n) is 1.20. The zero-order valence-corrected chi connectivity index (χ0v) is 4.95. The van der Waals surface area contributed by atoms with Crippen molar-refractivity contribution in [2.24, 2.45) is 0 Å².